The molecule has 0 bridgehead atoms. The lowest BCUT2D eigenvalue weighted by atomic mass is 10.3. The van der Waals surface area contributed by atoms with Crippen LogP contribution in [-0.4, -0.2) is 19.2 Å². The van der Waals surface area contributed by atoms with Gasteiger partial charge >= 0.3 is 0 Å². The number of halogens is 2. The van der Waals surface area contributed by atoms with Gasteiger partial charge in [0, 0.05) is 17.1 Å². The van der Waals surface area contributed by atoms with Gasteiger partial charge in [-0.15, -0.1) is 0 Å². The third-order valence-electron chi connectivity index (χ3n) is 2.09. The standard InChI is InChI=1S/C13H17BrClNO/c1-9(2)16-7-10(3)8-17-13-5-4-11(14)6-12(13)15/h4-6,9,16H,3,7-8H2,1-2H3. The fraction of sp³-hybridized carbons (Fsp3) is 0.385. The van der Waals surface area contributed by atoms with Crippen LogP contribution >= 0.6 is 27.5 Å². The van der Waals surface area contributed by atoms with E-state index in [9.17, 15) is 0 Å². The lowest BCUT2D eigenvalue weighted by Crippen LogP contribution is -2.26. The molecule has 0 aliphatic heterocycles. The summed E-state index contributed by atoms with van der Waals surface area (Å²) in [5.41, 5.74) is 0.998. The Bertz CT molecular complexity index is 393. The quantitative estimate of drug-likeness (QED) is 0.799. The molecule has 0 heterocycles. The van der Waals surface area contributed by atoms with Gasteiger partial charge in [0.2, 0.25) is 0 Å². The van der Waals surface area contributed by atoms with Crippen LogP contribution < -0.4 is 10.1 Å². The minimum atomic E-state index is 0.447. The highest BCUT2D eigenvalue weighted by Gasteiger charge is 2.03. The molecule has 0 unspecified atom stereocenters. The highest BCUT2D eigenvalue weighted by Crippen LogP contribution is 2.27. The lowest BCUT2D eigenvalue weighted by Gasteiger charge is -2.12. The zero-order valence-corrected chi connectivity index (χ0v) is 12.4. The summed E-state index contributed by atoms with van der Waals surface area (Å²) in [6.45, 7) is 9.37. The van der Waals surface area contributed by atoms with E-state index in [1.54, 1.807) is 0 Å². The molecular formula is C13H17BrClNO. The van der Waals surface area contributed by atoms with Crippen LogP contribution in [0.2, 0.25) is 5.02 Å². The zero-order valence-electron chi connectivity index (χ0n) is 10.1. The van der Waals surface area contributed by atoms with Crippen molar-refractivity contribution in [2.24, 2.45) is 0 Å². The highest BCUT2D eigenvalue weighted by molar-refractivity contribution is 9.10. The fourth-order valence-corrected chi connectivity index (χ4v) is 1.90. The van der Waals surface area contributed by atoms with Gasteiger partial charge in [0.15, 0.2) is 0 Å². The van der Waals surface area contributed by atoms with Crippen molar-refractivity contribution in [2.45, 2.75) is 19.9 Å². The second kappa shape index (κ2) is 7.04. The molecule has 1 aromatic rings. The zero-order chi connectivity index (χ0) is 12.8. The van der Waals surface area contributed by atoms with Gasteiger partial charge in [-0.2, -0.15) is 0 Å². The fourth-order valence-electron chi connectivity index (χ4n) is 1.17. The van der Waals surface area contributed by atoms with E-state index < -0.39 is 0 Å². The molecule has 0 amide bonds. The van der Waals surface area contributed by atoms with Crippen LogP contribution in [-0.2, 0) is 0 Å². The topological polar surface area (TPSA) is 21.3 Å². The van der Waals surface area contributed by atoms with E-state index in [0.29, 0.717) is 23.4 Å². The van der Waals surface area contributed by atoms with Crippen LogP contribution in [0.5, 0.6) is 5.75 Å². The van der Waals surface area contributed by atoms with Gasteiger partial charge in [-0.1, -0.05) is 48.0 Å². The van der Waals surface area contributed by atoms with Crippen LogP contribution in [0.15, 0.2) is 34.8 Å². The van der Waals surface area contributed by atoms with E-state index in [4.69, 9.17) is 16.3 Å². The number of benzene rings is 1. The Morgan fingerprint density at radius 3 is 2.82 bits per heavy atom. The molecule has 0 atom stereocenters. The summed E-state index contributed by atoms with van der Waals surface area (Å²) < 4.78 is 6.53. The second-order valence-electron chi connectivity index (χ2n) is 4.15. The summed E-state index contributed by atoms with van der Waals surface area (Å²) in [7, 11) is 0. The second-order valence-corrected chi connectivity index (χ2v) is 5.47. The van der Waals surface area contributed by atoms with Crippen molar-refractivity contribution in [1.82, 2.24) is 5.32 Å². The largest absolute Gasteiger partial charge is 0.488 e. The molecule has 1 rings (SSSR count). The Morgan fingerprint density at radius 2 is 2.24 bits per heavy atom. The predicted molar refractivity (Wildman–Crippen MR) is 76.9 cm³/mol. The van der Waals surface area contributed by atoms with Crippen LogP contribution in [0.1, 0.15) is 13.8 Å². The van der Waals surface area contributed by atoms with E-state index >= 15 is 0 Å². The minimum absolute atomic E-state index is 0.447. The lowest BCUT2D eigenvalue weighted by molar-refractivity contribution is 0.347. The van der Waals surface area contributed by atoms with Crippen molar-refractivity contribution < 1.29 is 4.74 Å². The first-order valence-corrected chi connectivity index (χ1v) is 6.64. The Labute approximate surface area is 116 Å². The molecule has 1 aromatic carbocycles. The van der Waals surface area contributed by atoms with Gasteiger partial charge in [0.05, 0.1) is 5.02 Å². The SMILES string of the molecule is C=C(CNC(C)C)COc1ccc(Br)cc1Cl. The van der Waals surface area contributed by atoms with Gasteiger partial charge in [-0.25, -0.2) is 0 Å². The molecule has 0 aromatic heterocycles. The molecule has 1 N–H and O–H groups in total. The summed E-state index contributed by atoms with van der Waals surface area (Å²) in [5.74, 6) is 0.681. The maximum absolute atomic E-state index is 6.04. The first-order chi connectivity index (χ1) is 7.99. The van der Waals surface area contributed by atoms with Crippen LogP contribution in [0.25, 0.3) is 0 Å². The number of hydrogen-bond donors (Lipinski definition) is 1. The van der Waals surface area contributed by atoms with E-state index in [0.717, 1.165) is 16.6 Å². The first-order valence-electron chi connectivity index (χ1n) is 5.47. The summed E-state index contributed by atoms with van der Waals surface area (Å²) in [4.78, 5) is 0. The van der Waals surface area contributed by atoms with Crippen LogP contribution in [0, 0.1) is 0 Å². The van der Waals surface area contributed by atoms with Crippen molar-refractivity contribution in [3.8, 4) is 5.75 Å². The third-order valence-corrected chi connectivity index (χ3v) is 2.87. The van der Waals surface area contributed by atoms with Crippen molar-refractivity contribution in [1.29, 1.82) is 0 Å². The van der Waals surface area contributed by atoms with E-state index in [2.05, 4.69) is 41.7 Å². The molecular weight excluding hydrogens is 302 g/mol. The predicted octanol–water partition coefficient (Wildman–Crippen LogP) is 4.04. The summed E-state index contributed by atoms with van der Waals surface area (Å²) in [5, 5.41) is 3.89. The van der Waals surface area contributed by atoms with Crippen molar-refractivity contribution >= 4 is 27.5 Å². The van der Waals surface area contributed by atoms with Gasteiger partial charge in [0.1, 0.15) is 12.4 Å². The highest BCUT2D eigenvalue weighted by atomic mass is 79.9. The summed E-state index contributed by atoms with van der Waals surface area (Å²) in [6, 6.07) is 6.00. The van der Waals surface area contributed by atoms with E-state index in [-0.39, 0.29) is 0 Å². The summed E-state index contributed by atoms with van der Waals surface area (Å²) in [6.07, 6.45) is 0. The van der Waals surface area contributed by atoms with Gasteiger partial charge in [-0.3, -0.25) is 0 Å². The van der Waals surface area contributed by atoms with Crippen LogP contribution in [0.3, 0.4) is 0 Å². The van der Waals surface area contributed by atoms with Crippen molar-refractivity contribution in [2.75, 3.05) is 13.2 Å². The first kappa shape index (κ1) is 14.6. The van der Waals surface area contributed by atoms with Gasteiger partial charge in [-0.05, 0) is 23.8 Å². The maximum Gasteiger partial charge on any atom is 0.138 e. The molecule has 4 heteroatoms. The number of ether oxygens (including phenoxy) is 1. The van der Waals surface area contributed by atoms with E-state index in [1.165, 1.54) is 0 Å². The normalized spacial score (nSPS) is 10.6. The molecule has 0 aliphatic rings. The minimum Gasteiger partial charge on any atom is -0.488 e. The van der Waals surface area contributed by atoms with Crippen molar-refractivity contribution in [3.05, 3.63) is 39.8 Å². The molecule has 2 nitrogen and oxygen atoms in total. The molecule has 17 heavy (non-hydrogen) atoms. The summed E-state index contributed by atoms with van der Waals surface area (Å²) >= 11 is 9.39. The smallest absolute Gasteiger partial charge is 0.138 e. The number of nitrogens with one attached hydrogen (secondary N) is 1. The monoisotopic (exact) mass is 317 g/mol. The van der Waals surface area contributed by atoms with Gasteiger partial charge < -0.3 is 10.1 Å². The Balaban J connectivity index is 2.42. The molecule has 0 saturated carbocycles. The average Bonchev–Trinajstić information content (AvgIpc) is 2.25. The molecule has 94 valence electrons. The Hall–Kier alpha value is -0.510. The van der Waals surface area contributed by atoms with Crippen molar-refractivity contribution in [3.63, 3.8) is 0 Å². The average molecular weight is 319 g/mol. The Morgan fingerprint density at radius 1 is 1.53 bits per heavy atom. The van der Waals surface area contributed by atoms with Crippen LogP contribution in [0.4, 0.5) is 0 Å². The van der Waals surface area contributed by atoms with Gasteiger partial charge in [0.25, 0.3) is 0 Å². The molecule has 0 saturated heterocycles. The molecule has 0 spiro atoms. The number of hydrogen-bond acceptors (Lipinski definition) is 2. The third kappa shape index (κ3) is 5.57. The number of rotatable bonds is 6. The Kier molecular flexibility index (Phi) is 6.03. The molecule has 0 aliphatic carbocycles. The maximum atomic E-state index is 6.04. The van der Waals surface area contributed by atoms with E-state index in [1.807, 2.05) is 18.2 Å². The molecule has 0 fully saturated rings. The molecule has 0 radical (unpaired) electrons.